The maximum absolute atomic E-state index is 13.1. The molecular weight excluding hydrogens is 259 g/mol. The molecule has 19 heavy (non-hydrogen) atoms. The Morgan fingerprint density at radius 1 is 1.11 bits per heavy atom. The second-order valence-electron chi connectivity index (χ2n) is 4.50. The van der Waals surface area contributed by atoms with E-state index in [9.17, 15) is 4.39 Å². The van der Waals surface area contributed by atoms with Gasteiger partial charge in [-0.2, -0.15) is 0 Å². The van der Waals surface area contributed by atoms with Crippen LogP contribution in [0.4, 0.5) is 4.39 Å². The molecule has 1 nitrogen and oxygen atoms in total. The number of hydrogen-bond acceptors (Lipinski definition) is 2. The van der Waals surface area contributed by atoms with Gasteiger partial charge in [0.2, 0.25) is 0 Å². The molecule has 3 heteroatoms. The first kappa shape index (κ1) is 12.2. The number of hydrogen-bond donors (Lipinski definition) is 0. The van der Waals surface area contributed by atoms with Gasteiger partial charge >= 0.3 is 0 Å². The zero-order valence-corrected chi connectivity index (χ0v) is 11.3. The third-order valence-electron chi connectivity index (χ3n) is 2.90. The van der Waals surface area contributed by atoms with Crippen molar-refractivity contribution in [2.75, 3.05) is 0 Å². The van der Waals surface area contributed by atoms with E-state index in [1.54, 1.807) is 17.4 Å². The fraction of sp³-hybridized carbons (Fsp3) is 0.125. The molecule has 1 heterocycles. The van der Waals surface area contributed by atoms with Gasteiger partial charge in [0, 0.05) is 9.58 Å². The minimum absolute atomic E-state index is 0.198. The molecule has 0 bridgehead atoms. The Balaban J connectivity index is 1.78. The molecule has 96 valence electrons. The van der Waals surface area contributed by atoms with Gasteiger partial charge in [-0.25, -0.2) is 4.39 Å². The first-order chi connectivity index (χ1) is 9.20. The van der Waals surface area contributed by atoms with E-state index in [0.29, 0.717) is 6.61 Å². The summed E-state index contributed by atoms with van der Waals surface area (Å²) < 4.78 is 20.0. The largest absolute Gasteiger partial charge is 0.488 e. The zero-order chi connectivity index (χ0) is 13.2. The molecule has 1 aromatic heterocycles. The van der Waals surface area contributed by atoms with Crippen LogP contribution in [0.3, 0.4) is 0 Å². The van der Waals surface area contributed by atoms with Gasteiger partial charge in [0.1, 0.15) is 18.2 Å². The lowest BCUT2D eigenvalue weighted by atomic mass is 10.2. The summed E-state index contributed by atoms with van der Waals surface area (Å²) >= 11 is 1.64. The van der Waals surface area contributed by atoms with Crippen molar-refractivity contribution in [2.24, 2.45) is 0 Å². The number of halogens is 1. The maximum atomic E-state index is 13.1. The van der Waals surface area contributed by atoms with Crippen LogP contribution in [-0.4, -0.2) is 0 Å². The predicted octanol–water partition coefficient (Wildman–Crippen LogP) is 4.93. The lowest BCUT2D eigenvalue weighted by molar-refractivity contribution is 0.309. The summed E-state index contributed by atoms with van der Waals surface area (Å²) in [7, 11) is 0. The van der Waals surface area contributed by atoms with Crippen LogP contribution < -0.4 is 4.74 Å². The van der Waals surface area contributed by atoms with E-state index in [1.807, 2.05) is 43.3 Å². The van der Waals surface area contributed by atoms with Gasteiger partial charge in [0.25, 0.3) is 0 Å². The van der Waals surface area contributed by atoms with Crippen LogP contribution in [0.1, 0.15) is 10.4 Å². The second kappa shape index (κ2) is 5.02. The highest BCUT2D eigenvalue weighted by atomic mass is 32.1. The standard InChI is InChI=1S/C16H13FOS/c1-11-3-2-4-14(7-11)18-10-15-9-12-8-13(17)5-6-16(12)19-15/h2-9H,10H2,1H3. The lowest BCUT2D eigenvalue weighted by Crippen LogP contribution is -1.92. The van der Waals surface area contributed by atoms with Crippen molar-refractivity contribution < 1.29 is 9.13 Å². The van der Waals surface area contributed by atoms with Gasteiger partial charge in [0.15, 0.2) is 0 Å². The number of aryl methyl sites for hydroxylation is 1. The molecule has 0 atom stereocenters. The minimum atomic E-state index is -0.198. The van der Waals surface area contributed by atoms with Crippen LogP contribution in [0.2, 0.25) is 0 Å². The topological polar surface area (TPSA) is 9.23 Å². The van der Waals surface area contributed by atoms with Crippen molar-refractivity contribution in [3.8, 4) is 5.75 Å². The van der Waals surface area contributed by atoms with Gasteiger partial charge in [-0.15, -0.1) is 11.3 Å². The number of benzene rings is 2. The van der Waals surface area contributed by atoms with Gasteiger partial charge in [-0.1, -0.05) is 12.1 Å². The van der Waals surface area contributed by atoms with E-state index in [4.69, 9.17) is 4.74 Å². The highest BCUT2D eigenvalue weighted by Crippen LogP contribution is 2.27. The molecule has 0 saturated carbocycles. The second-order valence-corrected chi connectivity index (χ2v) is 5.67. The van der Waals surface area contributed by atoms with Crippen molar-refractivity contribution in [1.82, 2.24) is 0 Å². The van der Waals surface area contributed by atoms with Crippen molar-refractivity contribution in [2.45, 2.75) is 13.5 Å². The quantitative estimate of drug-likeness (QED) is 0.657. The van der Waals surface area contributed by atoms with E-state index in [0.717, 1.165) is 20.7 Å². The van der Waals surface area contributed by atoms with Gasteiger partial charge < -0.3 is 4.74 Å². The van der Waals surface area contributed by atoms with Crippen LogP contribution in [-0.2, 0) is 6.61 Å². The Morgan fingerprint density at radius 3 is 2.84 bits per heavy atom. The highest BCUT2D eigenvalue weighted by molar-refractivity contribution is 7.19. The molecule has 0 aliphatic heterocycles. The van der Waals surface area contributed by atoms with E-state index in [1.165, 1.54) is 11.6 Å². The summed E-state index contributed by atoms with van der Waals surface area (Å²) in [5, 5.41) is 0.938. The summed E-state index contributed by atoms with van der Waals surface area (Å²) in [4.78, 5) is 1.10. The third-order valence-corrected chi connectivity index (χ3v) is 3.99. The van der Waals surface area contributed by atoms with Crippen molar-refractivity contribution >= 4 is 21.4 Å². The molecular formula is C16H13FOS. The van der Waals surface area contributed by atoms with Gasteiger partial charge in [0.05, 0.1) is 0 Å². The first-order valence-corrected chi connectivity index (χ1v) is 6.90. The van der Waals surface area contributed by atoms with E-state index < -0.39 is 0 Å². The van der Waals surface area contributed by atoms with Crippen LogP contribution in [0.25, 0.3) is 10.1 Å². The van der Waals surface area contributed by atoms with Crippen molar-refractivity contribution in [1.29, 1.82) is 0 Å². The average Bonchev–Trinajstić information content (AvgIpc) is 2.78. The summed E-state index contributed by atoms with van der Waals surface area (Å²) in [5.41, 5.74) is 1.18. The van der Waals surface area contributed by atoms with E-state index >= 15 is 0 Å². The van der Waals surface area contributed by atoms with Gasteiger partial charge in [-0.3, -0.25) is 0 Å². The SMILES string of the molecule is Cc1cccc(OCc2cc3cc(F)ccc3s2)c1. The average molecular weight is 272 g/mol. The molecule has 0 aliphatic carbocycles. The highest BCUT2D eigenvalue weighted by Gasteiger charge is 2.04. The molecule has 0 saturated heterocycles. The number of rotatable bonds is 3. The number of ether oxygens (including phenoxy) is 1. The predicted molar refractivity (Wildman–Crippen MR) is 77.3 cm³/mol. The minimum Gasteiger partial charge on any atom is -0.488 e. The molecule has 3 aromatic rings. The van der Waals surface area contributed by atoms with Gasteiger partial charge in [-0.05, 0) is 54.3 Å². The molecule has 0 aliphatic rings. The Morgan fingerprint density at radius 2 is 2.00 bits per heavy atom. The van der Waals surface area contributed by atoms with Crippen LogP contribution >= 0.6 is 11.3 Å². The molecule has 0 spiro atoms. The Bertz CT molecular complexity index is 718. The molecule has 0 N–H and O–H groups in total. The van der Waals surface area contributed by atoms with Crippen molar-refractivity contribution in [3.05, 3.63) is 64.8 Å². The monoisotopic (exact) mass is 272 g/mol. The molecule has 0 radical (unpaired) electrons. The smallest absolute Gasteiger partial charge is 0.123 e. The summed E-state index contributed by atoms with van der Waals surface area (Å²) in [6, 6.07) is 14.8. The summed E-state index contributed by atoms with van der Waals surface area (Å²) in [6.45, 7) is 2.56. The molecule has 2 aromatic carbocycles. The number of thiophene rings is 1. The lowest BCUT2D eigenvalue weighted by Gasteiger charge is -2.04. The zero-order valence-electron chi connectivity index (χ0n) is 10.5. The third kappa shape index (κ3) is 2.76. The molecule has 0 unspecified atom stereocenters. The fourth-order valence-corrected chi connectivity index (χ4v) is 2.96. The molecule has 0 amide bonds. The summed E-state index contributed by atoms with van der Waals surface area (Å²) in [5.74, 6) is 0.667. The van der Waals surface area contributed by atoms with Crippen LogP contribution in [0, 0.1) is 12.7 Å². The summed E-state index contributed by atoms with van der Waals surface area (Å²) in [6.07, 6.45) is 0. The van der Waals surface area contributed by atoms with E-state index in [2.05, 4.69) is 0 Å². The fourth-order valence-electron chi connectivity index (χ4n) is 2.00. The Hall–Kier alpha value is -1.87. The van der Waals surface area contributed by atoms with E-state index in [-0.39, 0.29) is 5.82 Å². The van der Waals surface area contributed by atoms with Crippen LogP contribution in [0.15, 0.2) is 48.5 Å². The first-order valence-electron chi connectivity index (χ1n) is 6.08. The molecule has 3 rings (SSSR count). The Kier molecular flexibility index (Phi) is 3.22. The maximum Gasteiger partial charge on any atom is 0.123 e. The molecule has 0 fully saturated rings. The normalized spacial score (nSPS) is 10.8. The van der Waals surface area contributed by atoms with Crippen LogP contribution in [0.5, 0.6) is 5.75 Å². The number of fused-ring (bicyclic) bond motifs is 1. The van der Waals surface area contributed by atoms with Crippen molar-refractivity contribution in [3.63, 3.8) is 0 Å². The Labute approximate surface area is 115 Å².